The Hall–Kier alpha value is -4.88. The van der Waals surface area contributed by atoms with Crippen molar-refractivity contribution < 1.29 is 4.42 Å². The zero-order valence-electron chi connectivity index (χ0n) is 22.2. The largest absolute Gasteiger partial charge is 0.456 e. The molecule has 39 heavy (non-hydrogen) atoms. The summed E-state index contributed by atoms with van der Waals surface area (Å²) in [6, 6.07) is 37.3. The molecular weight excluding hydrogens is 472 g/mol. The minimum Gasteiger partial charge on any atom is -0.456 e. The van der Waals surface area contributed by atoms with E-state index >= 15 is 0 Å². The third-order valence-electron chi connectivity index (χ3n) is 7.77. The van der Waals surface area contributed by atoms with E-state index in [1.165, 1.54) is 49.4 Å². The molecule has 0 aliphatic carbocycles. The maximum absolute atomic E-state index is 6.33. The van der Waals surface area contributed by atoms with Crippen LogP contribution in [-0.2, 0) is 0 Å². The maximum Gasteiger partial charge on any atom is 0.136 e. The molecule has 0 aliphatic heterocycles. The molecule has 186 valence electrons. The van der Waals surface area contributed by atoms with Gasteiger partial charge in [0.1, 0.15) is 11.2 Å². The molecular formula is C38H28O. The fourth-order valence-corrected chi connectivity index (χ4v) is 6.03. The number of allylic oxidation sites excluding steroid dienone is 1. The van der Waals surface area contributed by atoms with Gasteiger partial charge in [0, 0.05) is 10.8 Å². The molecule has 0 saturated heterocycles. The molecule has 0 unspecified atom stereocenters. The molecule has 0 atom stereocenters. The Morgan fingerprint density at radius 3 is 2.00 bits per heavy atom. The molecule has 1 nitrogen and oxygen atoms in total. The first-order valence-electron chi connectivity index (χ1n) is 13.4. The average Bonchev–Trinajstić information content (AvgIpc) is 3.32. The normalized spacial score (nSPS) is 11.8. The van der Waals surface area contributed by atoms with Gasteiger partial charge in [-0.2, -0.15) is 0 Å². The van der Waals surface area contributed by atoms with E-state index in [0.29, 0.717) is 0 Å². The summed E-state index contributed by atoms with van der Waals surface area (Å²) in [5.74, 6) is 0. The first kappa shape index (κ1) is 23.3. The SMILES string of the molecule is C=Cc1cc2c(cc1/C=C\C)oc1ccc(-c3c4ccccc4c(-c4ccccc4)c4ccc(C)cc34)cc12. The van der Waals surface area contributed by atoms with Gasteiger partial charge >= 0.3 is 0 Å². The standard InChI is InChI=1S/C38H28O/c1-4-11-27-23-36-33(21-25(27)5-2)32-22-28(17-19-35(32)39-36)38-30-15-10-9-14-29(30)37(26-12-7-6-8-13-26)31-18-16-24(3)20-34(31)38/h4-23H,2H2,1,3H3/b11-4-. The minimum atomic E-state index is 0.894. The number of benzene rings is 6. The van der Waals surface area contributed by atoms with Crippen molar-refractivity contribution in [2.45, 2.75) is 13.8 Å². The molecule has 0 bridgehead atoms. The van der Waals surface area contributed by atoms with Crippen LogP contribution in [0.4, 0.5) is 0 Å². The van der Waals surface area contributed by atoms with Crippen molar-refractivity contribution in [2.24, 2.45) is 0 Å². The molecule has 7 rings (SSSR count). The lowest BCUT2D eigenvalue weighted by atomic mass is 9.85. The molecule has 1 aromatic heterocycles. The van der Waals surface area contributed by atoms with E-state index in [2.05, 4.69) is 123 Å². The molecule has 0 saturated carbocycles. The molecule has 1 heterocycles. The molecule has 1 heteroatoms. The Balaban J connectivity index is 1.58. The average molecular weight is 501 g/mol. The van der Waals surface area contributed by atoms with Crippen LogP contribution >= 0.6 is 0 Å². The van der Waals surface area contributed by atoms with Crippen molar-refractivity contribution in [3.63, 3.8) is 0 Å². The summed E-state index contributed by atoms with van der Waals surface area (Å²) in [7, 11) is 0. The van der Waals surface area contributed by atoms with Crippen LogP contribution in [0.2, 0.25) is 0 Å². The van der Waals surface area contributed by atoms with Crippen molar-refractivity contribution in [3.05, 3.63) is 132 Å². The number of fused-ring (bicyclic) bond motifs is 5. The van der Waals surface area contributed by atoms with Crippen molar-refractivity contribution in [3.8, 4) is 22.3 Å². The quantitative estimate of drug-likeness (QED) is 0.219. The monoisotopic (exact) mass is 500 g/mol. The van der Waals surface area contributed by atoms with Crippen LogP contribution < -0.4 is 0 Å². The Morgan fingerprint density at radius 2 is 1.26 bits per heavy atom. The highest BCUT2D eigenvalue weighted by Gasteiger charge is 2.18. The van der Waals surface area contributed by atoms with Crippen LogP contribution in [-0.4, -0.2) is 0 Å². The first-order chi connectivity index (χ1) is 19.2. The Morgan fingerprint density at radius 1 is 0.564 bits per heavy atom. The summed E-state index contributed by atoms with van der Waals surface area (Å²) in [6.07, 6.45) is 6.07. The first-order valence-corrected chi connectivity index (χ1v) is 13.4. The second-order valence-electron chi connectivity index (χ2n) is 10.2. The molecule has 0 radical (unpaired) electrons. The van der Waals surface area contributed by atoms with E-state index < -0.39 is 0 Å². The zero-order chi connectivity index (χ0) is 26.5. The van der Waals surface area contributed by atoms with Gasteiger partial charge in [0.15, 0.2) is 0 Å². The summed E-state index contributed by atoms with van der Waals surface area (Å²) in [5.41, 5.74) is 10.2. The van der Waals surface area contributed by atoms with Crippen LogP contribution in [0.5, 0.6) is 0 Å². The smallest absolute Gasteiger partial charge is 0.136 e. The van der Waals surface area contributed by atoms with E-state index in [4.69, 9.17) is 4.42 Å². The van der Waals surface area contributed by atoms with Gasteiger partial charge in [-0.05, 0) is 93.0 Å². The predicted octanol–water partition coefficient (Wildman–Crippen LogP) is 11.2. The van der Waals surface area contributed by atoms with Crippen LogP contribution in [0.15, 0.2) is 120 Å². The second kappa shape index (κ2) is 9.15. The molecule has 7 aromatic rings. The molecule has 6 aromatic carbocycles. The summed E-state index contributed by atoms with van der Waals surface area (Å²) in [5, 5.41) is 7.28. The van der Waals surface area contributed by atoms with E-state index in [0.717, 1.165) is 33.1 Å². The molecule has 0 N–H and O–H groups in total. The lowest BCUT2D eigenvalue weighted by Crippen LogP contribution is -1.91. The van der Waals surface area contributed by atoms with E-state index in [-0.39, 0.29) is 0 Å². The number of hydrogen-bond acceptors (Lipinski definition) is 1. The molecule has 0 aliphatic rings. The summed E-state index contributed by atoms with van der Waals surface area (Å²) in [6.45, 7) is 8.26. The van der Waals surface area contributed by atoms with E-state index in [1.54, 1.807) is 0 Å². The van der Waals surface area contributed by atoms with Gasteiger partial charge in [-0.1, -0.05) is 109 Å². The van der Waals surface area contributed by atoms with Gasteiger partial charge in [-0.25, -0.2) is 0 Å². The van der Waals surface area contributed by atoms with E-state index in [9.17, 15) is 0 Å². The van der Waals surface area contributed by atoms with Crippen LogP contribution in [0, 0.1) is 6.92 Å². The van der Waals surface area contributed by atoms with Gasteiger partial charge in [0.25, 0.3) is 0 Å². The number of rotatable bonds is 4. The van der Waals surface area contributed by atoms with Gasteiger partial charge in [0.2, 0.25) is 0 Å². The number of furan rings is 1. The molecule has 0 spiro atoms. The van der Waals surface area contributed by atoms with Crippen LogP contribution in [0.1, 0.15) is 23.6 Å². The summed E-state index contributed by atoms with van der Waals surface area (Å²) >= 11 is 0. The Bertz CT molecular complexity index is 2090. The fraction of sp³-hybridized carbons (Fsp3) is 0.0526. The van der Waals surface area contributed by atoms with Crippen molar-refractivity contribution in [2.75, 3.05) is 0 Å². The number of hydrogen-bond donors (Lipinski definition) is 0. The summed E-state index contributed by atoms with van der Waals surface area (Å²) in [4.78, 5) is 0. The van der Waals surface area contributed by atoms with Gasteiger partial charge in [-0.15, -0.1) is 0 Å². The maximum atomic E-state index is 6.33. The van der Waals surface area contributed by atoms with Gasteiger partial charge < -0.3 is 4.42 Å². The third kappa shape index (κ3) is 3.70. The van der Waals surface area contributed by atoms with Crippen molar-refractivity contribution >= 4 is 55.6 Å². The minimum absolute atomic E-state index is 0.894. The van der Waals surface area contributed by atoms with Crippen LogP contribution in [0.25, 0.3) is 77.9 Å². The highest BCUT2D eigenvalue weighted by atomic mass is 16.3. The molecule has 0 fully saturated rings. The second-order valence-corrected chi connectivity index (χ2v) is 10.2. The topological polar surface area (TPSA) is 13.1 Å². The van der Waals surface area contributed by atoms with Gasteiger partial charge in [-0.3, -0.25) is 0 Å². The molecule has 0 amide bonds. The lowest BCUT2D eigenvalue weighted by molar-refractivity contribution is 0.669. The Kier molecular flexibility index (Phi) is 5.45. The fourth-order valence-electron chi connectivity index (χ4n) is 6.03. The number of aryl methyl sites for hydroxylation is 1. The highest BCUT2D eigenvalue weighted by molar-refractivity contribution is 6.22. The Labute approximate surface area is 228 Å². The van der Waals surface area contributed by atoms with Gasteiger partial charge in [0.05, 0.1) is 0 Å². The highest BCUT2D eigenvalue weighted by Crippen LogP contribution is 2.45. The van der Waals surface area contributed by atoms with E-state index in [1.807, 2.05) is 19.1 Å². The van der Waals surface area contributed by atoms with Crippen molar-refractivity contribution in [1.29, 1.82) is 0 Å². The third-order valence-corrected chi connectivity index (χ3v) is 7.77. The predicted molar refractivity (Wildman–Crippen MR) is 169 cm³/mol. The lowest BCUT2D eigenvalue weighted by Gasteiger charge is -2.18. The van der Waals surface area contributed by atoms with Crippen molar-refractivity contribution in [1.82, 2.24) is 0 Å². The summed E-state index contributed by atoms with van der Waals surface area (Å²) < 4.78 is 6.33. The zero-order valence-corrected chi connectivity index (χ0v) is 22.2. The van der Waals surface area contributed by atoms with Crippen LogP contribution in [0.3, 0.4) is 0 Å².